The monoisotopic (exact) mass is 260 g/mol. The predicted molar refractivity (Wildman–Crippen MR) is 75.3 cm³/mol. The Morgan fingerprint density at radius 2 is 1.78 bits per heavy atom. The van der Waals surface area contributed by atoms with Gasteiger partial charge in [-0.1, -0.05) is 29.3 Å². The van der Waals surface area contributed by atoms with E-state index in [-0.39, 0.29) is 0 Å². The molecule has 0 spiro atoms. The molecule has 1 aromatic heterocycles. The molecule has 94 valence electrons. The molecule has 3 heteroatoms. The number of thiophene rings is 1. The summed E-state index contributed by atoms with van der Waals surface area (Å²) >= 11 is 1.60. The fourth-order valence-electron chi connectivity index (χ4n) is 1.99. The molecule has 0 aliphatic rings. The van der Waals surface area contributed by atoms with Crippen molar-refractivity contribution in [1.29, 1.82) is 0 Å². The molecule has 1 unspecified atom stereocenters. The van der Waals surface area contributed by atoms with E-state index < -0.39 is 11.9 Å². The largest absolute Gasteiger partial charge is 0.481 e. The van der Waals surface area contributed by atoms with Crippen molar-refractivity contribution in [2.45, 2.75) is 26.7 Å². The number of carboxylic acids is 1. The van der Waals surface area contributed by atoms with Crippen LogP contribution in [0.4, 0.5) is 0 Å². The van der Waals surface area contributed by atoms with Gasteiger partial charge < -0.3 is 5.11 Å². The van der Waals surface area contributed by atoms with Crippen molar-refractivity contribution in [3.05, 3.63) is 46.3 Å². The maximum absolute atomic E-state index is 11.0. The third-order valence-corrected chi connectivity index (χ3v) is 3.99. The Kier molecular flexibility index (Phi) is 3.53. The van der Waals surface area contributed by atoms with Gasteiger partial charge in [0.2, 0.25) is 0 Å². The summed E-state index contributed by atoms with van der Waals surface area (Å²) in [6, 6.07) is 8.39. The minimum absolute atomic E-state index is 0.444. The molecule has 18 heavy (non-hydrogen) atoms. The van der Waals surface area contributed by atoms with E-state index in [4.69, 9.17) is 5.11 Å². The van der Waals surface area contributed by atoms with E-state index in [9.17, 15) is 4.79 Å². The van der Waals surface area contributed by atoms with Crippen molar-refractivity contribution < 1.29 is 9.90 Å². The summed E-state index contributed by atoms with van der Waals surface area (Å²) in [7, 11) is 0. The molecule has 0 aliphatic carbocycles. The molecule has 1 aromatic carbocycles. The summed E-state index contributed by atoms with van der Waals surface area (Å²) in [5.74, 6) is -1.22. The summed E-state index contributed by atoms with van der Waals surface area (Å²) in [6.07, 6.45) is 0. The molecule has 0 saturated carbocycles. The number of hydrogen-bond donors (Lipinski definition) is 1. The van der Waals surface area contributed by atoms with Gasteiger partial charge in [0.05, 0.1) is 5.92 Å². The van der Waals surface area contributed by atoms with Crippen molar-refractivity contribution >= 4 is 17.3 Å². The molecule has 0 fully saturated rings. The zero-order valence-electron chi connectivity index (χ0n) is 10.7. The number of rotatable bonds is 3. The number of carboxylic acid groups (broad SMARTS) is 1. The summed E-state index contributed by atoms with van der Waals surface area (Å²) in [4.78, 5) is 12.1. The van der Waals surface area contributed by atoms with Gasteiger partial charge in [-0.25, -0.2) is 0 Å². The van der Waals surface area contributed by atoms with E-state index in [2.05, 4.69) is 32.0 Å². The molecule has 2 rings (SSSR count). The number of aryl methyl sites for hydroxylation is 2. The summed E-state index contributed by atoms with van der Waals surface area (Å²) in [6.45, 7) is 5.87. The summed E-state index contributed by atoms with van der Waals surface area (Å²) < 4.78 is 0. The molecule has 0 saturated heterocycles. The highest BCUT2D eigenvalue weighted by Gasteiger charge is 2.15. The molecule has 2 aromatic rings. The van der Waals surface area contributed by atoms with Crippen molar-refractivity contribution in [3.63, 3.8) is 0 Å². The van der Waals surface area contributed by atoms with E-state index >= 15 is 0 Å². The first-order valence-corrected chi connectivity index (χ1v) is 6.75. The maximum atomic E-state index is 11.0. The Bertz CT molecular complexity index is 564. The van der Waals surface area contributed by atoms with E-state index in [1.165, 1.54) is 16.7 Å². The average molecular weight is 260 g/mol. The van der Waals surface area contributed by atoms with Crippen molar-refractivity contribution in [3.8, 4) is 10.4 Å². The van der Waals surface area contributed by atoms with Crippen molar-refractivity contribution in [1.82, 2.24) is 0 Å². The van der Waals surface area contributed by atoms with Crippen LogP contribution >= 0.6 is 11.3 Å². The zero-order valence-corrected chi connectivity index (χ0v) is 11.5. The van der Waals surface area contributed by atoms with E-state index in [1.807, 2.05) is 11.4 Å². The van der Waals surface area contributed by atoms with Crippen LogP contribution in [-0.2, 0) is 4.79 Å². The topological polar surface area (TPSA) is 37.3 Å². The lowest BCUT2D eigenvalue weighted by molar-refractivity contribution is -0.138. The molecule has 1 N–H and O–H groups in total. The molecule has 1 atom stereocenters. The lowest BCUT2D eigenvalue weighted by Gasteiger charge is -2.03. The normalized spacial score (nSPS) is 12.4. The van der Waals surface area contributed by atoms with Crippen LogP contribution < -0.4 is 0 Å². The van der Waals surface area contributed by atoms with E-state index in [1.54, 1.807) is 18.3 Å². The average Bonchev–Trinajstić information content (AvgIpc) is 2.75. The molecule has 0 radical (unpaired) electrons. The minimum atomic E-state index is -0.778. The van der Waals surface area contributed by atoms with Crippen LogP contribution in [-0.4, -0.2) is 11.1 Å². The molecule has 0 aliphatic heterocycles. The number of hydrogen-bond acceptors (Lipinski definition) is 2. The van der Waals surface area contributed by atoms with Crippen LogP contribution in [0, 0.1) is 13.8 Å². The second kappa shape index (κ2) is 4.94. The third-order valence-electron chi connectivity index (χ3n) is 3.00. The van der Waals surface area contributed by atoms with Crippen LogP contribution in [0.15, 0.2) is 29.6 Å². The summed E-state index contributed by atoms with van der Waals surface area (Å²) in [5.41, 5.74) is 4.50. The van der Waals surface area contributed by atoms with Gasteiger partial charge in [0, 0.05) is 4.88 Å². The van der Waals surface area contributed by atoms with Gasteiger partial charge in [-0.05, 0) is 43.3 Å². The number of carbonyl (C=O) groups is 1. The van der Waals surface area contributed by atoms with Crippen LogP contribution in [0.3, 0.4) is 0 Å². The molecule has 0 bridgehead atoms. The second-order valence-corrected chi connectivity index (χ2v) is 5.59. The van der Waals surface area contributed by atoms with E-state index in [0.29, 0.717) is 0 Å². The molecule has 2 nitrogen and oxygen atoms in total. The molecule has 1 heterocycles. The van der Waals surface area contributed by atoms with Crippen LogP contribution in [0.5, 0.6) is 0 Å². The van der Waals surface area contributed by atoms with Gasteiger partial charge in [0.15, 0.2) is 0 Å². The first-order valence-electron chi connectivity index (χ1n) is 5.87. The van der Waals surface area contributed by atoms with Crippen molar-refractivity contribution in [2.24, 2.45) is 0 Å². The molecular weight excluding hydrogens is 244 g/mol. The fourth-order valence-corrected chi connectivity index (χ4v) is 2.98. The Morgan fingerprint density at radius 1 is 1.17 bits per heavy atom. The van der Waals surface area contributed by atoms with Gasteiger partial charge >= 0.3 is 5.97 Å². The second-order valence-electron chi connectivity index (χ2n) is 4.68. The van der Waals surface area contributed by atoms with Crippen molar-refractivity contribution in [2.75, 3.05) is 0 Å². The van der Waals surface area contributed by atoms with Gasteiger partial charge in [-0.3, -0.25) is 4.79 Å². The van der Waals surface area contributed by atoms with Crippen LogP contribution in [0.2, 0.25) is 0 Å². The zero-order chi connectivity index (χ0) is 13.3. The minimum Gasteiger partial charge on any atom is -0.481 e. The first kappa shape index (κ1) is 12.8. The smallest absolute Gasteiger partial charge is 0.310 e. The first-order chi connectivity index (χ1) is 8.47. The van der Waals surface area contributed by atoms with Gasteiger partial charge in [-0.2, -0.15) is 0 Å². The number of benzene rings is 1. The van der Waals surface area contributed by atoms with Crippen LogP contribution in [0.1, 0.15) is 29.5 Å². The highest BCUT2D eigenvalue weighted by atomic mass is 32.1. The quantitative estimate of drug-likeness (QED) is 0.897. The van der Waals surface area contributed by atoms with E-state index in [0.717, 1.165) is 10.4 Å². The van der Waals surface area contributed by atoms with Gasteiger partial charge in [0.25, 0.3) is 0 Å². The Labute approximate surface area is 111 Å². The Hall–Kier alpha value is -1.61. The van der Waals surface area contributed by atoms with Gasteiger partial charge in [0.1, 0.15) is 0 Å². The third kappa shape index (κ3) is 2.62. The standard InChI is InChI=1S/C15H16O2S/c1-9-4-10(2)6-12(5-9)14-7-13(8-18-14)11(3)15(16)17/h4-8,11H,1-3H3,(H,16,17). The fraction of sp³-hybridized carbons (Fsp3) is 0.267. The highest BCUT2D eigenvalue weighted by Crippen LogP contribution is 2.31. The molecule has 0 amide bonds. The highest BCUT2D eigenvalue weighted by molar-refractivity contribution is 7.13. The lowest BCUT2D eigenvalue weighted by Crippen LogP contribution is -2.05. The Morgan fingerprint density at radius 3 is 2.33 bits per heavy atom. The Balaban J connectivity index is 2.37. The van der Waals surface area contributed by atoms with Gasteiger partial charge in [-0.15, -0.1) is 11.3 Å². The van der Waals surface area contributed by atoms with Crippen LogP contribution in [0.25, 0.3) is 10.4 Å². The molecular formula is C15H16O2S. The maximum Gasteiger partial charge on any atom is 0.310 e. The predicted octanol–water partition coefficient (Wildman–Crippen LogP) is 4.22. The summed E-state index contributed by atoms with van der Waals surface area (Å²) in [5, 5.41) is 10.9. The SMILES string of the molecule is Cc1cc(C)cc(-c2cc(C(C)C(=O)O)cs2)c1. The lowest BCUT2D eigenvalue weighted by atomic mass is 10.0. The number of aliphatic carboxylic acids is 1.